The summed E-state index contributed by atoms with van der Waals surface area (Å²) in [5.41, 5.74) is 2.73. The average Bonchev–Trinajstić information content (AvgIpc) is 3.24. The molecule has 0 bridgehead atoms. The van der Waals surface area contributed by atoms with Crippen molar-refractivity contribution < 1.29 is 38.6 Å². The summed E-state index contributed by atoms with van der Waals surface area (Å²) in [5, 5.41) is 10.6. The van der Waals surface area contributed by atoms with E-state index in [0.717, 1.165) is 5.57 Å². The first-order valence-electron chi connectivity index (χ1n) is 13.4. The molecular formula is C32H26BrNO8. The Balaban J connectivity index is 1.48. The zero-order chi connectivity index (χ0) is 30.0. The first-order chi connectivity index (χ1) is 20.1. The molecule has 2 aromatic rings. The van der Waals surface area contributed by atoms with Crippen LogP contribution in [-0.4, -0.2) is 48.5 Å². The van der Waals surface area contributed by atoms with Crippen LogP contribution in [-0.2, 0) is 19.2 Å². The van der Waals surface area contributed by atoms with Crippen molar-refractivity contribution in [1.82, 2.24) is 0 Å². The minimum Gasteiger partial charge on any atom is -0.502 e. The third kappa shape index (κ3) is 4.07. The van der Waals surface area contributed by atoms with E-state index in [2.05, 4.69) is 15.9 Å². The Morgan fingerprint density at radius 2 is 1.62 bits per heavy atom. The molecule has 4 unspecified atom stereocenters. The quantitative estimate of drug-likeness (QED) is 0.220. The number of carbonyl (C=O) groups is 5. The van der Waals surface area contributed by atoms with Crippen molar-refractivity contribution in [3.05, 3.63) is 80.9 Å². The molecule has 0 spiro atoms. The van der Waals surface area contributed by atoms with Crippen LogP contribution >= 0.6 is 15.9 Å². The summed E-state index contributed by atoms with van der Waals surface area (Å²) < 4.78 is 10.9. The zero-order valence-electron chi connectivity index (χ0n) is 23.0. The lowest BCUT2D eigenvalue weighted by Crippen LogP contribution is -2.39. The molecule has 1 saturated heterocycles. The molecule has 0 radical (unpaired) electrons. The van der Waals surface area contributed by atoms with Crippen LogP contribution in [0.5, 0.6) is 17.2 Å². The second-order valence-electron chi connectivity index (χ2n) is 10.8. The topological polar surface area (TPSA) is 127 Å². The molecule has 214 valence electrons. The van der Waals surface area contributed by atoms with E-state index in [1.165, 1.54) is 32.1 Å². The summed E-state index contributed by atoms with van der Waals surface area (Å²) in [6.07, 6.45) is 3.56. The summed E-state index contributed by atoms with van der Waals surface area (Å²) in [4.78, 5) is 67.5. The van der Waals surface area contributed by atoms with Crippen LogP contribution in [0.1, 0.15) is 41.6 Å². The van der Waals surface area contributed by atoms with Crippen LogP contribution in [0, 0.1) is 17.8 Å². The number of ether oxygens (including phenoxy) is 2. The third-order valence-corrected chi connectivity index (χ3v) is 9.29. The first kappa shape index (κ1) is 27.8. The Kier molecular flexibility index (Phi) is 6.76. The van der Waals surface area contributed by atoms with E-state index in [4.69, 9.17) is 9.47 Å². The number of halogens is 1. The van der Waals surface area contributed by atoms with Crippen molar-refractivity contribution in [3.8, 4) is 17.2 Å². The number of allylic oxidation sites excluding steroid dienone is 6. The van der Waals surface area contributed by atoms with E-state index in [1.807, 2.05) is 6.08 Å². The first-order valence-corrected chi connectivity index (χ1v) is 14.2. The van der Waals surface area contributed by atoms with Crippen LogP contribution in [0.25, 0.3) is 0 Å². The van der Waals surface area contributed by atoms with Gasteiger partial charge in [0.15, 0.2) is 28.8 Å². The fourth-order valence-electron chi connectivity index (χ4n) is 6.77. The number of Topliss-reactive ketones (excluding diaryl/α,β-unsaturated/α-hetero) is 2. The Bertz CT molecular complexity index is 1670. The molecule has 1 N–H and O–H groups in total. The van der Waals surface area contributed by atoms with Crippen LogP contribution in [0.3, 0.4) is 0 Å². The van der Waals surface area contributed by atoms with Crippen molar-refractivity contribution in [2.45, 2.75) is 25.7 Å². The number of phenols is 1. The van der Waals surface area contributed by atoms with Crippen molar-refractivity contribution in [1.29, 1.82) is 0 Å². The van der Waals surface area contributed by atoms with Gasteiger partial charge in [-0.25, -0.2) is 0 Å². The molecule has 1 heterocycles. The number of carbonyl (C=O) groups excluding carboxylic acids is 5. The monoisotopic (exact) mass is 631 g/mol. The maximum atomic E-state index is 14.0. The van der Waals surface area contributed by atoms with Gasteiger partial charge in [-0.05, 0) is 83.6 Å². The average molecular weight is 632 g/mol. The Morgan fingerprint density at radius 3 is 2.21 bits per heavy atom. The Hall–Kier alpha value is -4.31. The highest BCUT2D eigenvalue weighted by atomic mass is 79.9. The van der Waals surface area contributed by atoms with Crippen LogP contribution < -0.4 is 14.4 Å². The van der Waals surface area contributed by atoms with E-state index in [1.54, 1.807) is 36.4 Å². The number of hydrogen-bond acceptors (Lipinski definition) is 8. The number of amides is 2. The smallest absolute Gasteiger partial charge is 0.238 e. The molecule has 9 nitrogen and oxygen atoms in total. The molecule has 42 heavy (non-hydrogen) atoms. The molecule has 4 aliphatic rings. The number of hydrogen-bond donors (Lipinski definition) is 1. The number of ketones is 3. The fourth-order valence-corrected chi connectivity index (χ4v) is 7.21. The highest BCUT2D eigenvalue weighted by Gasteiger charge is 2.56. The molecule has 1 fully saturated rings. The SMILES string of the molecule is COc1cc(C2C3=CCC4C(=O)N(c5ccc(C(C)=O)cc5)C(=O)C4C3CC3=C2C(=O)C=C(Br)C3=O)cc(OC)c1O. The highest BCUT2D eigenvalue weighted by Crippen LogP contribution is 2.56. The number of imide groups is 1. The van der Waals surface area contributed by atoms with Crippen LogP contribution in [0.15, 0.2) is 69.8 Å². The van der Waals surface area contributed by atoms with Gasteiger partial charge in [0.25, 0.3) is 0 Å². The van der Waals surface area contributed by atoms with Gasteiger partial charge >= 0.3 is 0 Å². The van der Waals surface area contributed by atoms with Gasteiger partial charge in [-0.2, -0.15) is 0 Å². The molecule has 4 atom stereocenters. The summed E-state index contributed by atoms with van der Waals surface area (Å²) in [6, 6.07) is 9.53. The number of rotatable bonds is 5. The maximum absolute atomic E-state index is 14.0. The largest absolute Gasteiger partial charge is 0.502 e. The molecule has 3 aliphatic carbocycles. The highest BCUT2D eigenvalue weighted by molar-refractivity contribution is 9.12. The fraction of sp³-hybridized carbons (Fsp3) is 0.281. The summed E-state index contributed by atoms with van der Waals surface area (Å²) >= 11 is 3.22. The molecule has 10 heteroatoms. The van der Waals surface area contributed by atoms with Gasteiger partial charge in [-0.3, -0.25) is 28.9 Å². The van der Waals surface area contributed by atoms with Gasteiger partial charge in [0, 0.05) is 28.7 Å². The Labute approximate surface area is 249 Å². The predicted molar refractivity (Wildman–Crippen MR) is 155 cm³/mol. The van der Waals surface area contributed by atoms with Gasteiger partial charge in [0.2, 0.25) is 17.6 Å². The van der Waals surface area contributed by atoms with Crippen LogP contribution in [0.4, 0.5) is 5.69 Å². The lowest BCUT2D eigenvalue weighted by atomic mass is 9.59. The lowest BCUT2D eigenvalue weighted by Gasteiger charge is -2.42. The molecule has 1 aliphatic heterocycles. The third-order valence-electron chi connectivity index (χ3n) is 8.70. The number of nitrogens with zero attached hydrogens (tertiary/aromatic N) is 1. The maximum Gasteiger partial charge on any atom is 0.238 e. The van der Waals surface area contributed by atoms with Crippen LogP contribution in [0.2, 0.25) is 0 Å². The lowest BCUT2D eigenvalue weighted by molar-refractivity contribution is -0.123. The van der Waals surface area contributed by atoms with E-state index in [9.17, 15) is 29.1 Å². The summed E-state index contributed by atoms with van der Waals surface area (Å²) in [5.74, 6) is -4.16. The second kappa shape index (κ2) is 10.2. The normalized spacial score (nSPS) is 25.0. The van der Waals surface area contributed by atoms with E-state index in [0.29, 0.717) is 22.4 Å². The summed E-state index contributed by atoms with van der Waals surface area (Å²) in [7, 11) is 2.79. The van der Waals surface area contributed by atoms with E-state index >= 15 is 0 Å². The van der Waals surface area contributed by atoms with E-state index < -0.39 is 23.7 Å². The minimum atomic E-state index is -0.755. The number of anilines is 1. The van der Waals surface area contributed by atoms with Crippen molar-refractivity contribution in [3.63, 3.8) is 0 Å². The molecule has 6 rings (SSSR count). The van der Waals surface area contributed by atoms with Crippen molar-refractivity contribution in [2.24, 2.45) is 17.8 Å². The zero-order valence-corrected chi connectivity index (χ0v) is 24.6. The molecule has 0 saturated carbocycles. The Morgan fingerprint density at radius 1 is 0.976 bits per heavy atom. The number of fused-ring (bicyclic) bond motifs is 3. The number of benzene rings is 2. The van der Waals surface area contributed by atoms with Crippen molar-refractivity contribution in [2.75, 3.05) is 19.1 Å². The molecule has 2 aromatic carbocycles. The van der Waals surface area contributed by atoms with Gasteiger partial charge in [0.1, 0.15) is 0 Å². The van der Waals surface area contributed by atoms with Gasteiger partial charge in [-0.1, -0.05) is 11.6 Å². The number of methoxy groups -OCH3 is 2. The summed E-state index contributed by atoms with van der Waals surface area (Å²) in [6.45, 7) is 1.44. The van der Waals surface area contributed by atoms with Gasteiger partial charge in [-0.15, -0.1) is 0 Å². The molecule has 0 aromatic heterocycles. The standard InChI is InChI=1S/C32H26BrNO8/c1-14(35)15-4-6-17(7-5-15)34-31(39)19-9-8-18-20(27(19)32(34)40)12-21-28(23(36)13-22(33)29(21)37)26(18)16-10-24(41-2)30(38)25(11-16)42-3/h4-8,10-11,13,19-20,26-27,38H,9,12H2,1-3H3. The molecule has 2 amide bonds. The van der Waals surface area contributed by atoms with Gasteiger partial charge < -0.3 is 14.6 Å². The van der Waals surface area contributed by atoms with E-state index in [-0.39, 0.29) is 69.3 Å². The predicted octanol–water partition coefficient (Wildman–Crippen LogP) is 4.58. The molecular weight excluding hydrogens is 606 g/mol. The minimum absolute atomic E-state index is 0.120. The van der Waals surface area contributed by atoms with Crippen molar-refractivity contribution >= 4 is 50.8 Å². The number of aromatic hydroxyl groups is 1. The number of phenolic OH excluding ortho intramolecular Hbond substituents is 1. The second-order valence-corrected chi connectivity index (χ2v) is 11.6. The van der Waals surface area contributed by atoms with Gasteiger partial charge in [0.05, 0.1) is 36.2 Å².